The summed E-state index contributed by atoms with van der Waals surface area (Å²) in [7, 11) is 1.85. The van der Waals surface area contributed by atoms with E-state index in [0.29, 0.717) is 35.2 Å². The lowest BCUT2D eigenvalue weighted by Crippen LogP contribution is -2.44. The van der Waals surface area contributed by atoms with Gasteiger partial charge in [0.2, 0.25) is 5.91 Å². The van der Waals surface area contributed by atoms with Crippen molar-refractivity contribution in [1.29, 1.82) is 0 Å². The molecule has 4 nitrogen and oxygen atoms in total. The molecule has 1 fully saturated rings. The number of carbonyl (C=O) groups excluding carboxylic acids is 1. The Hall–Kier alpha value is -0.970. The minimum Gasteiger partial charge on any atom is -0.492 e. The van der Waals surface area contributed by atoms with E-state index in [1.807, 2.05) is 11.9 Å². The van der Waals surface area contributed by atoms with Crippen LogP contribution < -0.4 is 4.74 Å². The SMILES string of the molecule is CN(C(=O)CCCOc1ccc(Cl)cc1Cl)[C@H]1CCCCC1CO. The third kappa shape index (κ3) is 5.27. The topological polar surface area (TPSA) is 49.8 Å². The number of aliphatic hydroxyl groups excluding tert-OH is 1. The van der Waals surface area contributed by atoms with Crippen molar-refractivity contribution in [3.63, 3.8) is 0 Å². The van der Waals surface area contributed by atoms with E-state index >= 15 is 0 Å². The zero-order valence-corrected chi connectivity index (χ0v) is 15.5. The summed E-state index contributed by atoms with van der Waals surface area (Å²) in [6.07, 6.45) is 5.28. The molecule has 0 aromatic heterocycles. The lowest BCUT2D eigenvalue weighted by molar-refractivity contribution is -0.134. The maximum absolute atomic E-state index is 12.4. The van der Waals surface area contributed by atoms with Gasteiger partial charge in [0.15, 0.2) is 0 Å². The first-order valence-corrected chi connectivity index (χ1v) is 9.23. The average Bonchev–Trinajstić information content (AvgIpc) is 2.59. The predicted molar refractivity (Wildman–Crippen MR) is 96.8 cm³/mol. The van der Waals surface area contributed by atoms with Crippen molar-refractivity contribution in [2.75, 3.05) is 20.3 Å². The van der Waals surface area contributed by atoms with E-state index in [9.17, 15) is 9.90 Å². The Morgan fingerprint density at radius 2 is 2.08 bits per heavy atom. The molecule has 1 N–H and O–H groups in total. The van der Waals surface area contributed by atoms with E-state index in [1.54, 1.807) is 18.2 Å². The molecule has 1 aromatic rings. The Balaban J connectivity index is 1.76. The Bertz CT molecular complexity index is 553. The Labute approximate surface area is 153 Å². The van der Waals surface area contributed by atoms with E-state index in [0.717, 1.165) is 25.7 Å². The molecule has 134 valence electrons. The maximum atomic E-state index is 12.4. The highest BCUT2D eigenvalue weighted by molar-refractivity contribution is 6.35. The van der Waals surface area contributed by atoms with Gasteiger partial charge in [-0.2, -0.15) is 0 Å². The van der Waals surface area contributed by atoms with Crippen LogP contribution in [-0.4, -0.2) is 42.2 Å². The molecule has 0 saturated heterocycles. The van der Waals surface area contributed by atoms with Gasteiger partial charge in [0.05, 0.1) is 11.6 Å². The van der Waals surface area contributed by atoms with Crippen molar-refractivity contribution < 1.29 is 14.6 Å². The minimum absolute atomic E-state index is 0.103. The third-order valence-corrected chi connectivity index (χ3v) is 5.21. The monoisotopic (exact) mass is 373 g/mol. The first-order valence-electron chi connectivity index (χ1n) is 8.47. The van der Waals surface area contributed by atoms with Crippen molar-refractivity contribution in [2.45, 2.75) is 44.6 Å². The average molecular weight is 374 g/mol. The van der Waals surface area contributed by atoms with Gasteiger partial charge in [0, 0.05) is 37.1 Å². The summed E-state index contributed by atoms with van der Waals surface area (Å²) in [5, 5.41) is 10.5. The second-order valence-corrected chi connectivity index (χ2v) is 7.17. The molecular weight excluding hydrogens is 349 g/mol. The highest BCUT2D eigenvalue weighted by atomic mass is 35.5. The molecule has 0 spiro atoms. The summed E-state index contributed by atoms with van der Waals surface area (Å²) < 4.78 is 5.61. The molecule has 0 bridgehead atoms. The maximum Gasteiger partial charge on any atom is 0.222 e. The van der Waals surface area contributed by atoms with Gasteiger partial charge in [-0.05, 0) is 37.5 Å². The first kappa shape index (κ1) is 19.4. The first-order chi connectivity index (χ1) is 11.5. The molecule has 0 aliphatic heterocycles. The van der Waals surface area contributed by atoms with Crippen LogP contribution in [-0.2, 0) is 4.79 Å². The van der Waals surface area contributed by atoms with Crippen molar-refractivity contribution in [2.24, 2.45) is 5.92 Å². The lowest BCUT2D eigenvalue weighted by Gasteiger charge is -2.37. The summed E-state index contributed by atoms with van der Waals surface area (Å²) in [4.78, 5) is 14.2. The number of carbonyl (C=O) groups is 1. The van der Waals surface area contributed by atoms with Gasteiger partial charge in [0.1, 0.15) is 5.75 Å². The fraction of sp³-hybridized carbons (Fsp3) is 0.611. The van der Waals surface area contributed by atoms with Crippen LogP contribution in [0, 0.1) is 5.92 Å². The molecule has 2 rings (SSSR count). The highest BCUT2D eigenvalue weighted by Crippen LogP contribution is 2.29. The minimum atomic E-state index is 0.103. The number of amides is 1. The summed E-state index contributed by atoms with van der Waals surface area (Å²) in [6, 6.07) is 5.24. The number of benzene rings is 1. The quantitative estimate of drug-likeness (QED) is 0.729. The summed E-state index contributed by atoms with van der Waals surface area (Å²) in [6.45, 7) is 0.579. The number of aliphatic hydroxyl groups is 1. The van der Waals surface area contributed by atoms with Crippen LogP contribution in [0.15, 0.2) is 18.2 Å². The van der Waals surface area contributed by atoms with Gasteiger partial charge in [-0.1, -0.05) is 36.0 Å². The molecule has 1 unspecified atom stereocenters. The Morgan fingerprint density at radius 3 is 2.79 bits per heavy atom. The fourth-order valence-electron chi connectivity index (χ4n) is 3.27. The van der Waals surface area contributed by atoms with Gasteiger partial charge >= 0.3 is 0 Å². The second kappa shape index (κ2) is 9.50. The van der Waals surface area contributed by atoms with Crippen molar-refractivity contribution in [1.82, 2.24) is 4.90 Å². The number of nitrogens with zero attached hydrogens (tertiary/aromatic N) is 1. The molecule has 1 aliphatic carbocycles. The molecule has 2 atom stereocenters. The number of ether oxygens (including phenoxy) is 1. The molecule has 24 heavy (non-hydrogen) atoms. The summed E-state index contributed by atoms with van der Waals surface area (Å²) in [5.74, 6) is 0.887. The molecule has 0 radical (unpaired) electrons. The standard InChI is InChI=1S/C18H25Cl2NO3/c1-21(16-6-3-2-5-13(16)12-22)18(23)7-4-10-24-17-9-8-14(19)11-15(17)20/h8-9,11,13,16,22H,2-7,10,12H2,1H3/t13?,16-/m0/s1. The smallest absolute Gasteiger partial charge is 0.222 e. The van der Waals surface area contributed by atoms with Gasteiger partial charge in [-0.3, -0.25) is 4.79 Å². The molecule has 1 aliphatic rings. The van der Waals surface area contributed by atoms with Crippen LogP contribution in [0.2, 0.25) is 10.0 Å². The van der Waals surface area contributed by atoms with Gasteiger partial charge in [-0.25, -0.2) is 0 Å². The van der Waals surface area contributed by atoms with Crippen molar-refractivity contribution in [3.05, 3.63) is 28.2 Å². The van der Waals surface area contributed by atoms with Crippen LogP contribution in [0.25, 0.3) is 0 Å². The molecule has 0 heterocycles. The predicted octanol–water partition coefficient (Wildman–Crippen LogP) is 4.16. The van der Waals surface area contributed by atoms with Gasteiger partial charge < -0.3 is 14.7 Å². The summed E-state index contributed by atoms with van der Waals surface area (Å²) in [5.41, 5.74) is 0. The molecular formula is C18H25Cl2NO3. The lowest BCUT2D eigenvalue weighted by atomic mass is 9.84. The number of halogens is 2. The largest absolute Gasteiger partial charge is 0.492 e. The molecule has 1 saturated carbocycles. The number of hydrogen-bond acceptors (Lipinski definition) is 3. The van der Waals surface area contributed by atoms with Crippen LogP contribution >= 0.6 is 23.2 Å². The zero-order chi connectivity index (χ0) is 17.5. The van der Waals surface area contributed by atoms with Crippen molar-refractivity contribution in [3.8, 4) is 5.75 Å². The van der Waals surface area contributed by atoms with Crippen LogP contribution in [0.4, 0.5) is 0 Å². The third-order valence-electron chi connectivity index (χ3n) is 4.68. The van der Waals surface area contributed by atoms with Gasteiger partial charge in [-0.15, -0.1) is 0 Å². The van der Waals surface area contributed by atoms with E-state index < -0.39 is 0 Å². The number of hydrogen-bond donors (Lipinski definition) is 1. The van der Waals surface area contributed by atoms with E-state index in [2.05, 4.69) is 0 Å². The normalized spacial score (nSPS) is 20.7. The van der Waals surface area contributed by atoms with E-state index in [1.165, 1.54) is 0 Å². The fourth-order valence-corrected chi connectivity index (χ4v) is 3.73. The number of rotatable bonds is 7. The van der Waals surface area contributed by atoms with E-state index in [4.69, 9.17) is 27.9 Å². The molecule has 1 amide bonds. The summed E-state index contributed by atoms with van der Waals surface area (Å²) >= 11 is 11.9. The highest BCUT2D eigenvalue weighted by Gasteiger charge is 2.29. The van der Waals surface area contributed by atoms with Crippen LogP contribution in [0.5, 0.6) is 5.75 Å². The Kier molecular flexibility index (Phi) is 7.66. The van der Waals surface area contributed by atoms with Crippen LogP contribution in [0.3, 0.4) is 0 Å². The zero-order valence-electron chi connectivity index (χ0n) is 14.0. The Morgan fingerprint density at radius 1 is 1.33 bits per heavy atom. The molecule has 6 heteroatoms. The molecule has 1 aromatic carbocycles. The van der Waals surface area contributed by atoms with E-state index in [-0.39, 0.29) is 24.5 Å². The second-order valence-electron chi connectivity index (χ2n) is 6.33. The van der Waals surface area contributed by atoms with Crippen molar-refractivity contribution >= 4 is 29.1 Å². The van der Waals surface area contributed by atoms with Crippen LogP contribution in [0.1, 0.15) is 38.5 Å². The van der Waals surface area contributed by atoms with Gasteiger partial charge in [0.25, 0.3) is 0 Å².